The maximum atomic E-state index is 5.84. The number of nitrogens with two attached hydrogens (primary N) is 1. The summed E-state index contributed by atoms with van der Waals surface area (Å²) in [6.45, 7) is 0. The molecule has 6 heteroatoms. The fraction of sp³-hybridized carbons (Fsp3) is 0. The highest BCUT2D eigenvalue weighted by Gasteiger charge is 2.10. The molecule has 0 atom stereocenters. The van der Waals surface area contributed by atoms with Crippen LogP contribution in [0.15, 0.2) is 35.2 Å². The Balaban J connectivity index is 2.29. The zero-order chi connectivity index (χ0) is 11.1. The van der Waals surface area contributed by atoms with Crippen LogP contribution in [0.3, 0.4) is 0 Å². The first kappa shape index (κ1) is 9.23. The minimum atomic E-state index is 0.281. The molecule has 0 unspecified atom stereocenters. The fourth-order valence-electron chi connectivity index (χ4n) is 1.54. The van der Waals surface area contributed by atoms with Gasteiger partial charge in [-0.15, -0.1) is 5.10 Å². The van der Waals surface area contributed by atoms with Crippen molar-refractivity contribution in [2.45, 2.75) is 0 Å². The predicted octanol–water partition coefficient (Wildman–Crippen LogP) is 2.25. The second-order valence-corrected chi connectivity index (χ2v) is 3.68. The number of aromatic nitrogens is 3. The molecule has 80 valence electrons. The van der Waals surface area contributed by atoms with E-state index in [-0.39, 0.29) is 5.82 Å². The molecule has 3 aromatic heterocycles. The smallest absolute Gasteiger partial charge is 0.164 e. The van der Waals surface area contributed by atoms with E-state index in [2.05, 4.69) is 10.1 Å². The zero-order valence-corrected chi connectivity index (χ0v) is 8.85. The number of furan rings is 1. The highest BCUT2D eigenvalue weighted by molar-refractivity contribution is 6.32. The Morgan fingerprint density at radius 2 is 2.25 bits per heavy atom. The topological polar surface area (TPSA) is 69.9 Å². The minimum Gasteiger partial charge on any atom is -0.464 e. The van der Waals surface area contributed by atoms with E-state index in [0.717, 1.165) is 11.0 Å². The number of rotatable bonds is 1. The van der Waals surface area contributed by atoms with E-state index in [0.29, 0.717) is 10.8 Å². The van der Waals surface area contributed by atoms with E-state index < -0.39 is 0 Å². The largest absolute Gasteiger partial charge is 0.464 e. The molecule has 0 saturated carbocycles. The summed E-state index contributed by atoms with van der Waals surface area (Å²) in [5.74, 6) is 0.925. The van der Waals surface area contributed by atoms with Crippen molar-refractivity contribution < 1.29 is 4.42 Å². The van der Waals surface area contributed by atoms with Crippen molar-refractivity contribution in [2.75, 3.05) is 5.73 Å². The monoisotopic (exact) mass is 234 g/mol. The summed E-state index contributed by atoms with van der Waals surface area (Å²) in [5.41, 5.74) is 6.33. The lowest BCUT2D eigenvalue weighted by molar-refractivity contribution is 0.615. The van der Waals surface area contributed by atoms with Crippen LogP contribution >= 0.6 is 11.6 Å². The molecule has 0 radical (unpaired) electrons. The summed E-state index contributed by atoms with van der Waals surface area (Å²) < 4.78 is 6.81. The standard InChI is InChI=1S/C10H7ClN4O/c11-7-5-15(14-9(7)12)10-6-2-4-16-8(6)1-3-13-10/h1-5H,(H2,12,14). The van der Waals surface area contributed by atoms with Gasteiger partial charge in [-0.2, -0.15) is 0 Å². The first-order chi connectivity index (χ1) is 7.75. The lowest BCUT2D eigenvalue weighted by atomic mass is 10.3. The van der Waals surface area contributed by atoms with Gasteiger partial charge < -0.3 is 10.2 Å². The van der Waals surface area contributed by atoms with Crippen molar-refractivity contribution >= 4 is 28.4 Å². The normalized spacial score (nSPS) is 11.1. The minimum absolute atomic E-state index is 0.281. The van der Waals surface area contributed by atoms with Crippen molar-refractivity contribution in [1.29, 1.82) is 0 Å². The van der Waals surface area contributed by atoms with Crippen molar-refractivity contribution in [3.63, 3.8) is 0 Å². The van der Waals surface area contributed by atoms with Crippen LogP contribution in [0.25, 0.3) is 16.8 Å². The molecular formula is C10H7ClN4O. The first-order valence-corrected chi connectivity index (χ1v) is 4.97. The van der Waals surface area contributed by atoms with Crippen LogP contribution in [-0.2, 0) is 0 Å². The number of fused-ring (bicyclic) bond motifs is 1. The van der Waals surface area contributed by atoms with Gasteiger partial charge in [-0.25, -0.2) is 9.67 Å². The summed E-state index contributed by atoms with van der Waals surface area (Å²) in [4.78, 5) is 4.23. The van der Waals surface area contributed by atoms with Crippen LogP contribution in [0.2, 0.25) is 5.02 Å². The summed E-state index contributed by atoms with van der Waals surface area (Å²) in [5, 5.41) is 5.34. The van der Waals surface area contributed by atoms with Gasteiger partial charge in [0.2, 0.25) is 0 Å². The molecule has 0 aromatic carbocycles. The molecule has 0 bridgehead atoms. The Bertz CT molecular complexity index is 638. The molecule has 0 aliphatic carbocycles. The summed E-state index contributed by atoms with van der Waals surface area (Å²) in [7, 11) is 0. The van der Waals surface area contributed by atoms with E-state index in [4.69, 9.17) is 21.8 Å². The number of halogens is 1. The van der Waals surface area contributed by atoms with Crippen LogP contribution < -0.4 is 5.73 Å². The molecule has 2 N–H and O–H groups in total. The van der Waals surface area contributed by atoms with Crippen molar-refractivity contribution in [3.05, 3.63) is 35.8 Å². The van der Waals surface area contributed by atoms with Gasteiger partial charge in [-0.3, -0.25) is 0 Å². The number of nitrogen functional groups attached to an aromatic ring is 1. The average Bonchev–Trinajstić information content (AvgIpc) is 2.85. The van der Waals surface area contributed by atoms with E-state index in [1.54, 1.807) is 24.7 Å². The molecular weight excluding hydrogens is 228 g/mol. The molecule has 16 heavy (non-hydrogen) atoms. The highest BCUT2D eigenvalue weighted by atomic mass is 35.5. The van der Waals surface area contributed by atoms with Crippen LogP contribution in [0, 0.1) is 0 Å². The van der Waals surface area contributed by atoms with E-state index >= 15 is 0 Å². The van der Waals surface area contributed by atoms with E-state index in [1.165, 1.54) is 4.68 Å². The molecule has 3 heterocycles. The van der Waals surface area contributed by atoms with Crippen LogP contribution in [-0.4, -0.2) is 14.8 Å². The van der Waals surface area contributed by atoms with Gasteiger partial charge in [0.05, 0.1) is 17.8 Å². The van der Waals surface area contributed by atoms with E-state index in [1.807, 2.05) is 6.07 Å². The third-order valence-corrected chi connectivity index (χ3v) is 2.56. The summed E-state index contributed by atoms with van der Waals surface area (Å²) >= 11 is 5.84. The van der Waals surface area contributed by atoms with Gasteiger partial charge >= 0.3 is 0 Å². The Morgan fingerprint density at radius 3 is 3.00 bits per heavy atom. The van der Waals surface area contributed by atoms with Crippen molar-refractivity contribution in [1.82, 2.24) is 14.8 Å². The van der Waals surface area contributed by atoms with Gasteiger partial charge in [-0.05, 0) is 12.1 Å². The molecule has 3 rings (SSSR count). The predicted molar refractivity (Wildman–Crippen MR) is 60.6 cm³/mol. The number of hydrogen-bond donors (Lipinski definition) is 1. The lowest BCUT2D eigenvalue weighted by Crippen LogP contribution is -1.99. The number of pyridine rings is 1. The first-order valence-electron chi connectivity index (χ1n) is 4.59. The molecule has 0 aliphatic heterocycles. The molecule has 3 aromatic rings. The third-order valence-electron chi connectivity index (χ3n) is 2.27. The Morgan fingerprint density at radius 1 is 1.38 bits per heavy atom. The van der Waals surface area contributed by atoms with Crippen LogP contribution in [0.4, 0.5) is 5.82 Å². The fourth-order valence-corrected chi connectivity index (χ4v) is 1.67. The van der Waals surface area contributed by atoms with Crippen LogP contribution in [0.5, 0.6) is 0 Å². The van der Waals surface area contributed by atoms with E-state index in [9.17, 15) is 0 Å². The van der Waals surface area contributed by atoms with Crippen molar-refractivity contribution in [2.24, 2.45) is 0 Å². The third kappa shape index (κ3) is 1.25. The van der Waals surface area contributed by atoms with Crippen molar-refractivity contribution in [3.8, 4) is 5.82 Å². The summed E-state index contributed by atoms with van der Waals surface area (Å²) in [6, 6.07) is 3.61. The molecule has 0 spiro atoms. The lowest BCUT2D eigenvalue weighted by Gasteiger charge is -2.00. The Hall–Kier alpha value is -2.01. The maximum Gasteiger partial charge on any atom is 0.164 e. The molecule has 0 amide bonds. The molecule has 0 aliphatic rings. The quantitative estimate of drug-likeness (QED) is 0.701. The van der Waals surface area contributed by atoms with Crippen LogP contribution in [0.1, 0.15) is 0 Å². The van der Waals surface area contributed by atoms with Gasteiger partial charge in [0.1, 0.15) is 10.6 Å². The second-order valence-electron chi connectivity index (χ2n) is 3.27. The number of nitrogens with zero attached hydrogens (tertiary/aromatic N) is 3. The van der Waals surface area contributed by atoms with Gasteiger partial charge in [0.15, 0.2) is 11.6 Å². The number of hydrogen-bond acceptors (Lipinski definition) is 4. The summed E-state index contributed by atoms with van der Waals surface area (Å²) in [6.07, 6.45) is 4.86. The maximum absolute atomic E-state index is 5.84. The van der Waals surface area contributed by atoms with Gasteiger partial charge in [0, 0.05) is 6.20 Å². The van der Waals surface area contributed by atoms with Gasteiger partial charge in [-0.1, -0.05) is 11.6 Å². The molecule has 0 saturated heterocycles. The van der Waals surface area contributed by atoms with Gasteiger partial charge in [0.25, 0.3) is 0 Å². The Kier molecular flexibility index (Phi) is 1.87. The molecule has 0 fully saturated rings. The number of anilines is 1. The Labute approximate surface area is 95.4 Å². The zero-order valence-electron chi connectivity index (χ0n) is 8.09. The SMILES string of the molecule is Nc1nn(-c2nccc3occc23)cc1Cl. The molecule has 5 nitrogen and oxygen atoms in total. The highest BCUT2D eigenvalue weighted by Crippen LogP contribution is 2.23. The second kappa shape index (κ2) is 3.24. The average molecular weight is 235 g/mol.